The lowest BCUT2D eigenvalue weighted by Gasteiger charge is -2.20. The summed E-state index contributed by atoms with van der Waals surface area (Å²) in [4.78, 5) is 23.6. The van der Waals surface area contributed by atoms with Crippen molar-refractivity contribution in [3.8, 4) is 0 Å². The molecule has 0 aliphatic rings. The molecule has 0 spiro atoms. The van der Waals surface area contributed by atoms with Gasteiger partial charge >= 0.3 is 6.09 Å². The number of nitrogens with zero attached hydrogens (tertiary/aromatic N) is 2. The first-order chi connectivity index (χ1) is 13.9. The molecule has 0 saturated heterocycles. The molecule has 0 aliphatic heterocycles. The Hall–Kier alpha value is -2.24. The van der Waals surface area contributed by atoms with E-state index in [9.17, 15) is 23.3 Å². The maximum Gasteiger partial charge on any atom is 0.407 e. The number of carbonyl (C=O) groups excluding carboxylic acids is 1. The van der Waals surface area contributed by atoms with E-state index in [4.69, 9.17) is 4.74 Å². The van der Waals surface area contributed by atoms with Gasteiger partial charge in [-0.05, 0) is 66.2 Å². The van der Waals surface area contributed by atoms with Crippen LogP contribution in [-0.4, -0.2) is 63.2 Å². The Morgan fingerprint density at radius 1 is 1.13 bits per heavy atom. The Labute approximate surface area is 178 Å². The zero-order chi connectivity index (χ0) is 22.8. The molecule has 0 fully saturated rings. The van der Waals surface area contributed by atoms with Gasteiger partial charge in [0.05, 0.1) is 4.92 Å². The van der Waals surface area contributed by atoms with Crippen LogP contribution in [0, 0.1) is 10.1 Å². The molecule has 10 nitrogen and oxygen atoms in total. The van der Waals surface area contributed by atoms with E-state index in [1.54, 1.807) is 0 Å². The predicted octanol–water partition coefficient (Wildman–Crippen LogP) is 2.50. The number of para-hydroxylation sites is 1. The molecular formula is C19H32N4O6S. The number of nitrogens with one attached hydrogen (secondary N) is 2. The van der Waals surface area contributed by atoms with E-state index in [2.05, 4.69) is 14.9 Å². The molecule has 0 heterocycles. The Balaban J connectivity index is 2.25. The highest BCUT2D eigenvalue weighted by Gasteiger charge is 2.24. The van der Waals surface area contributed by atoms with Gasteiger partial charge in [0.1, 0.15) is 5.60 Å². The largest absolute Gasteiger partial charge is 0.444 e. The molecule has 0 radical (unpaired) electrons. The molecule has 1 aromatic rings. The minimum atomic E-state index is -3.93. The number of nitro benzene ring substituents is 1. The molecule has 2 N–H and O–H groups in total. The lowest BCUT2D eigenvalue weighted by atomic mass is 10.2. The number of benzene rings is 1. The predicted molar refractivity (Wildman–Crippen MR) is 114 cm³/mol. The first-order valence-electron chi connectivity index (χ1n) is 9.81. The Bertz CT molecular complexity index is 807. The smallest absolute Gasteiger partial charge is 0.407 e. The molecule has 170 valence electrons. The summed E-state index contributed by atoms with van der Waals surface area (Å²) in [6, 6.07) is 5.27. The van der Waals surface area contributed by atoms with Crippen molar-refractivity contribution in [2.75, 3.05) is 33.2 Å². The standard InChI is InChI=1S/C19H32N4O6S/c1-19(2,3)29-18(24)20-12-9-15-22(4)14-8-7-13-21-30(27,28)17-11-6-5-10-16(17)23(25)26/h5-6,10-11,21H,7-9,12-15H2,1-4H3,(H,20,24). The van der Waals surface area contributed by atoms with Crippen LogP contribution >= 0.6 is 0 Å². The van der Waals surface area contributed by atoms with Gasteiger partial charge in [0.2, 0.25) is 10.0 Å². The first-order valence-corrected chi connectivity index (χ1v) is 11.3. The molecule has 0 atom stereocenters. The third-order valence-corrected chi connectivity index (χ3v) is 5.50. The number of unbranched alkanes of at least 4 members (excludes halogenated alkanes) is 1. The summed E-state index contributed by atoms with van der Waals surface area (Å²) in [6.45, 7) is 7.67. The van der Waals surface area contributed by atoms with Crippen LogP contribution in [0.4, 0.5) is 10.5 Å². The lowest BCUT2D eigenvalue weighted by molar-refractivity contribution is -0.387. The van der Waals surface area contributed by atoms with Crippen molar-refractivity contribution in [1.29, 1.82) is 0 Å². The summed E-state index contributed by atoms with van der Waals surface area (Å²) in [5.74, 6) is 0. The van der Waals surface area contributed by atoms with Crippen molar-refractivity contribution in [3.05, 3.63) is 34.4 Å². The van der Waals surface area contributed by atoms with Crippen molar-refractivity contribution in [2.45, 2.75) is 50.5 Å². The van der Waals surface area contributed by atoms with E-state index in [0.29, 0.717) is 13.0 Å². The zero-order valence-corrected chi connectivity index (χ0v) is 18.8. The van der Waals surface area contributed by atoms with Crippen LogP contribution in [0.1, 0.15) is 40.0 Å². The molecule has 0 aliphatic carbocycles. The minimum absolute atomic E-state index is 0.197. The van der Waals surface area contributed by atoms with Gasteiger partial charge in [-0.1, -0.05) is 12.1 Å². The van der Waals surface area contributed by atoms with Crippen molar-refractivity contribution in [3.63, 3.8) is 0 Å². The quantitative estimate of drug-likeness (QED) is 0.288. The van der Waals surface area contributed by atoms with Crippen molar-refractivity contribution in [1.82, 2.24) is 14.9 Å². The molecule has 0 unspecified atom stereocenters. The fourth-order valence-corrected chi connectivity index (χ4v) is 3.84. The molecule has 30 heavy (non-hydrogen) atoms. The molecule has 1 amide bonds. The van der Waals surface area contributed by atoms with E-state index >= 15 is 0 Å². The summed E-state index contributed by atoms with van der Waals surface area (Å²) in [6.07, 6.45) is 1.69. The summed E-state index contributed by atoms with van der Waals surface area (Å²) < 4.78 is 32.2. The molecule has 0 bridgehead atoms. The van der Waals surface area contributed by atoms with E-state index < -0.39 is 32.3 Å². The van der Waals surface area contributed by atoms with Gasteiger partial charge in [-0.25, -0.2) is 17.9 Å². The van der Waals surface area contributed by atoms with Gasteiger partial charge in [-0.15, -0.1) is 0 Å². The maximum absolute atomic E-state index is 12.3. The average Bonchev–Trinajstić information content (AvgIpc) is 2.63. The topological polar surface area (TPSA) is 131 Å². The Kier molecular flexibility index (Phi) is 10.2. The van der Waals surface area contributed by atoms with Crippen LogP contribution in [0.25, 0.3) is 0 Å². The summed E-state index contributed by atoms with van der Waals surface area (Å²) >= 11 is 0. The number of hydrogen-bond donors (Lipinski definition) is 2. The minimum Gasteiger partial charge on any atom is -0.444 e. The first kappa shape index (κ1) is 25.8. The Morgan fingerprint density at radius 2 is 1.77 bits per heavy atom. The molecule has 1 rings (SSSR count). The van der Waals surface area contributed by atoms with Crippen LogP contribution in [0.15, 0.2) is 29.2 Å². The van der Waals surface area contributed by atoms with Gasteiger partial charge in [0, 0.05) is 19.2 Å². The fraction of sp³-hybridized carbons (Fsp3) is 0.632. The number of rotatable bonds is 12. The maximum atomic E-state index is 12.3. The van der Waals surface area contributed by atoms with Crippen LogP contribution in [0.2, 0.25) is 0 Å². The number of ether oxygens (including phenoxy) is 1. The van der Waals surface area contributed by atoms with Crippen molar-refractivity contribution >= 4 is 21.8 Å². The number of alkyl carbamates (subject to hydrolysis) is 1. The summed E-state index contributed by atoms with van der Waals surface area (Å²) in [5, 5.41) is 13.7. The number of carbonyl (C=O) groups is 1. The molecule has 11 heteroatoms. The van der Waals surface area contributed by atoms with Crippen LogP contribution in [0.3, 0.4) is 0 Å². The normalized spacial score (nSPS) is 12.0. The van der Waals surface area contributed by atoms with Gasteiger partial charge in [0.15, 0.2) is 4.90 Å². The van der Waals surface area contributed by atoms with Gasteiger partial charge in [-0.2, -0.15) is 0 Å². The molecular weight excluding hydrogens is 412 g/mol. The number of hydrogen-bond acceptors (Lipinski definition) is 7. The SMILES string of the molecule is CN(CCCCNS(=O)(=O)c1ccccc1[N+](=O)[O-])CCCNC(=O)OC(C)(C)C. The van der Waals surface area contributed by atoms with E-state index in [1.807, 2.05) is 27.8 Å². The molecule has 0 saturated carbocycles. The van der Waals surface area contributed by atoms with E-state index in [-0.39, 0.29) is 11.4 Å². The third-order valence-electron chi connectivity index (χ3n) is 3.99. The average molecular weight is 445 g/mol. The summed E-state index contributed by atoms with van der Waals surface area (Å²) in [5.41, 5.74) is -0.960. The highest BCUT2D eigenvalue weighted by atomic mass is 32.2. The second-order valence-electron chi connectivity index (χ2n) is 7.92. The lowest BCUT2D eigenvalue weighted by Crippen LogP contribution is -2.34. The van der Waals surface area contributed by atoms with Crippen molar-refractivity contribution in [2.24, 2.45) is 0 Å². The van der Waals surface area contributed by atoms with Crippen LogP contribution in [-0.2, 0) is 14.8 Å². The summed E-state index contributed by atoms with van der Waals surface area (Å²) in [7, 11) is -1.98. The van der Waals surface area contributed by atoms with Crippen molar-refractivity contribution < 1.29 is 22.9 Å². The number of sulfonamides is 1. The molecule has 0 aromatic heterocycles. The third kappa shape index (κ3) is 9.99. The zero-order valence-electron chi connectivity index (χ0n) is 18.0. The Morgan fingerprint density at radius 3 is 2.40 bits per heavy atom. The highest BCUT2D eigenvalue weighted by Crippen LogP contribution is 2.22. The number of amides is 1. The second-order valence-corrected chi connectivity index (χ2v) is 9.65. The van der Waals surface area contributed by atoms with Crippen LogP contribution < -0.4 is 10.0 Å². The monoisotopic (exact) mass is 444 g/mol. The van der Waals surface area contributed by atoms with Gasteiger partial charge in [0.25, 0.3) is 5.69 Å². The fourth-order valence-electron chi connectivity index (χ4n) is 2.59. The molecule has 1 aromatic carbocycles. The number of nitro groups is 1. The van der Waals surface area contributed by atoms with Gasteiger partial charge in [-0.3, -0.25) is 10.1 Å². The van der Waals surface area contributed by atoms with Gasteiger partial charge < -0.3 is 15.0 Å². The second kappa shape index (κ2) is 11.8. The van der Waals surface area contributed by atoms with E-state index in [0.717, 1.165) is 25.9 Å². The van der Waals surface area contributed by atoms with E-state index in [1.165, 1.54) is 24.3 Å². The van der Waals surface area contributed by atoms with Crippen LogP contribution in [0.5, 0.6) is 0 Å². The highest BCUT2D eigenvalue weighted by molar-refractivity contribution is 7.89.